The van der Waals surface area contributed by atoms with Crippen molar-refractivity contribution in [3.63, 3.8) is 0 Å². The third kappa shape index (κ3) is 4.23. The van der Waals surface area contributed by atoms with Gasteiger partial charge in [-0.1, -0.05) is 30.3 Å². The summed E-state index contributed by atoms with van der Waals surface area (Å²) < 4.78 is 41.2. The number of nitrogens with one attached hydrogen (secondary N) is 1. The SMILES string of the molecule is O=C(Cn1cc(S(=O)(=O)Cc2cccc(F)c2)c2ccccc21)Nc1cccnc1. The van der Waals surface area contributed by atoms with Crippen molar-refractivity contribution in [2.45, 2.75) is 17.2 Å². The second-order valence-electron chi connectivity index (χ2n) is 6.82. The number of halogens is 1. The van der Waals surface area contributed by atoms with Gasteiger partial charge in [-0.05, 0) is 35.9 Å². The first-order valence-corrected chi connectivity index (χ1v) is 10.8. The largest absolute Gasteiger partial charge is 0.337 e. The summed E-state index contributed by atoms with van der Waals surface area (Å²) in [7, 11) is -3.76. The topological polar surface area (TPSA) is 81.1 Å². The molecule has 2 aromatic carbocycles. The molecule has 0 spiro atoms. The van der Waals surface area contributed by atoms with Crippen LogP contribution in [0.1, 0.15) is 5.56 Å². The zero-order chi connectivity index (χ0) is 21.1. The fourth-order valence-corrected chi connectivity index (χ4v) is 4.88. The molecule has 0 aliphatic rings. The van der Waals surface area contributed by atoms with E-state index in [1.165, 1.54) is 30.6 Å². The summed E-state index contributed by atoms with van der Waals surface area (Å²) in [6.45, 7) is -0.0646. The predicted octanol–water partition coefficient (Wildman–Crippen LogP) is 3.79. The number of aromatic nitrogens is 2. The zero-order valence-electron chi connectivity index (χ0n) is 15.8. The number of pyridine rings is 1. The molecule has 0 aliphatic carbocycles. The van der Waals surface area contributed by atoms with Gasteiger partial charge in [0, 0.05) is 23.3 Å². The molecule has 0 unspecified atom stereocenters. The van der Waals surface area contributed by atoms with Crippen molar-refractivity contribution in [2.24, 2.45) is 0 Å². The first kappa shape index (κ1) is 19.8. The van der Waals surface area contributed by atoms with Gasteiger partial charge in [0.2, 0.25) is 5.91 Å². The number of carbonyl (C=O) groups excluding carboxylic acids is 1. The summed E-state index contributed by atoms with van der Waals surface area (Å²) in [4.78, 5) is 16.5. The van der Waals surface area contributed by atoms with Gasteiger partial charge in [0.25, 0.3) is 0 Å². The Balaban J connectivity index is 1.66. The Morgan fingerprint density at radius 2 is 1.90 bits per heavy atom. The minimum atomic E-state index is -3.76. The lowest BCUT2D eigenvalue weighted by atomic mass is 10.2. The molecule has 152 valence electrons. The first-order chi connectivity index (χ1) is 14.4. The molecule has 8 heteroatoms. The molecule has 30 heavy (non-hydrogen) atoms. The van der Waals surface area contributed by atoms with Crippen molar-refractivity contribution in [1.82, 2.24) is 9.55 Å². The maximum atomic E-state index is 13.5. The van der Waals surface area contributed by atoms with E-state index in [0.29, 0.717) is 22.2 Å². The quantitative estimate of drug-likeness (QED) is 0.512. The van der Waals surface area contributed by atoms with Crippen LogP contribution in [-0.2, 0) is 26.9 Å². The summed E-state index contributed by atoms with van der Waals surface area (Å²) in [6, 6.07) is 15.9. The summed E-state index contributed by atoms with van der Waals surface area (Å²) in [5.41, 5.74) is 1.54. The second kappa shape index (κ2) is 8.08. The first-order valence-electron chi connectivity index (χ1n) is 9.17. The maximum absolute atomic E-state index is 13.5. The highest BCUT2D eigenvalue weighted by Gasteiger charge is 2.22. The molecule has 0 saturated heterocycles. The molecule has 0 radical (unpaired) electrons. The number of sulfone groups is 1. The molecule has 4 rings (SSSR count). The summed E-state index contributed by atoms with van der Waals surface area (Å²) in [5, 5.41) is 3.25. The fourth-order valence-electron chi connectivity index (χ4n) is 3.31. The number of para-hydroxylation sites is 1. The van der Waals surface area contributed by atoms with Gasteiger partial charge >= 0.3 is 0 Å². The van der Waals surface area contributed by atoms with E-state index >= 15 is 0 Å². The number of carbonyl (C=O) groups is 1. The number of anilines is 1. The van der Waals surface area contributed by atoms with Crippen LogP contribution in [0.2, 0.25) is 0 Å². The van der Waals surface area contributed by atoms with Gasteiger partial charge in [0.1, 0.15) is 12.4 Å². The molecule has 0 atom stereocenters. The normalized spacial score (nSPS) is 11.5. The summed E-state index contributed by atoms with van der Waals surface area (Å²) in [6.07, 6.45) is 4.59. The van der Waals surface area contributed by atoms with Crippen molar-refractivity contribution in [2.75, 3.05) is 5.32 Å². The number of fused-ring (bicyclic) bond motifs is 1. The zero-order valence-corrected chi connectivity index (χ0v) is 16.6. The smallest absolute Gasteiger partial charge is 0.244 e. The van der Waals surface area contributed by atoms with E-state index < -0.39 is 15.7 Å². The van der Waals surface area contributed by atoms with Gasteiger partial charge in [-0.25, -0.2) is 12.8 Å². The van der Waals surface area contributed by atoms with Crippen LogP contribution < -0.4 is 5.32 Å². The van der Waals surface area contributed by atoms with Crippen LogP contribution in [0.5, 0.6) is 0 Å². The van der Waals surface area contributed by atoms with Crippen molar-refractivity contribution in [3.05, 3.63) is 90.6 Å². The maximum Gasteiger partial charge on any atom is 0.244 e. The Morgan fingerprint density at radius 1 is 1.07 bits per heavy atom. The van der Waals surface area contributed by atoms with E-state index in [4.69, 9.17) is 0 Å². The number of benzene rings is 2. The van der Waals surface area contributed by atoms with Crippen LogP contribution in [0, 0.1) is 5.82 Å². The van der Waals surface area contributed by atoms with Crippen molar-refractivity contribution in [3.8, 4) is 0 Å². The molecular formula is C22H18FN3O3S. The van der Waals surface area contributed by atoms with Crippen LogP contribution in [0.3, 0.4) is 0 Å². The third-order valence-electron chi connectivity index (χ3n) is 4.59. The van der Waals surface area contributed by atoms with Crippen LogP contribution >= 0.6 is 0 Å². The number of nitrogens with zero attached hydrogens (tertiary/aromatic N) is 2. The fraction of sp³-hybridized carbons (Fsp3) is 0.0909. The van der Waals surface area contributed by atoms with Gasteiger partial charge in [0.15, 0.2) is 9.84 Å². The van der Waals surface area contributed by atoms with Gasteiger partial charge < -0.3 is 9.88 Å². The highest BCUT2D eigenvalue weighted by molar-refractivity contribution is 7.90. The van der Waals surface area contributed by atoms with E-state index in [1.54, 1.807) is 53.2 Å². The molecule has 0 saturated carbocycles. The Morgan fingerprint density at radius 3 is 2.67 bits per heavy atom. The van der Waals surface area contributed by atoms with Gasteiger partial charge in [-0.15, -0.1) is 0 Å². The lowest BCUT2D eigenvalue weighted by Crippen LogP contribution is -2.18. The Bertz CT molecular complexity index is 1320. The van der Waals surface area contributed by atoms with E-state index in [2.05, 4.69) is 10.3 Å². The number of amides is 1. The molecule has 1 amide bonds. The van der Waals surface area contributed by atoms with E-state index in [-0.39, 0.29) is 23.1 Å². The molecule has 4 aromatic rings. The number of hydrogen-bond acceptors (Lipinski definition) is 4. The summed E-state index contributed by atoms with van der Waals surface area (Å²) in [5.74, 6) is -1.13. The average Bonchev–Trinajstić information content (AvgIpc) is 3.08. The van der Waals surface area contributed by atoms with Crippen molar-refractivity contribution in [1.29, 1.82) is 0 Å². The Labute approximate surface area is 172 Å². The van der Waals surface area contributed by atoms with Gasteiger partial charge in [-0.2, -0.15) is 0 Å². The van der Waals surface area contributed by atoms with Gasteiger partial charge in [-0.3, -0.25) is 9.78 Å². The van der Waals surface area contributed by atoms with Crippen LogP contribution in [-0.4, -0.2) is 23.9 Å². The van der Waals surface area contributed by atoms with Gasteiger partial charge in [0.05, 0.1) is 22.5 Å². The lowest BCUT2D eigenvalue weighted by molar-refractivity contribution is -0.116. The van der Waals surface area contributed by atoms with Crippen molar-refractivity contribution < 1.29 is 17.6 Å². The monoisotopic (exact) mass is 423 g/mol. The molecule has 0 aliphatic heterocycles. The molecule has 1 N–H and O–H groups in total. The van der Waals surface area contributed by atoms with E-state index in [1.807, 2.05) is 0 Å². The highest BCUT2D eigenvalue weighted by atomic mass is 32.2. The molecule has 0 fully saturated rings. The average molecular weight is 423 g/mol. The van der Waals surface area contributed by atoms with Crippen LogP contribution in [0.4, 0.5) is 10.1 Å². The molecule has 2 heterocycles. The predicted molar refractivity (Wildman–Crippen MR) is 112 cm³/mol. The highest BCUT2D eigenvalue weighted by Crippen LogP contribution is 2.28. The second-order valence-corrected chi connectivity index (χ2v) is 8.78. The van der Waals surface area contributed by atoms with E-state index in [9.17, 15) is 17.6 Å². The minimum absolute atomic E-state index is 0.0646. The number of hydrogen-bond donors (Lipinski definition) is 1. The summed E-state index contributed by atoms with van der Waals surface area (Å²) >= 11 is 0. The van der Waals surface area contributed by atoms with Crippen molar-refractivity contribution >= 4 is 32.3 Å². The lowest BCUT2D eigenvalue weighted by Gasteiger charge is -2.06. The third-order valence-corrected chi connectivity index (χ3v) is 6.30. The molecule has 6 nitrogen and oxygen atoms in total. The molecular weight excluding hydrogens is 405 g/mol. The molecule has 2 aromatic heterocycles. The standard InChI is InChI=1S/C22H18FN3O3S/c23-17-6-3-5-16(11-17)15-30(28,29)21-13-26(20-9-2-1-8-19(20)21)14-22(27)25-18-7-4-10-24-12-18/h1-13H,14-15H2,(H,25,27). The Hall–Kier alpha value is -3.52. The van der Waals surface area contributed by atoms with Crippen LogP contribution in [0.15, 0.2) is 84.1 Å². The minimum Gasteiger partial charge on any atom is -0.337 e. The van der Waals surface area contributed by atoms with Crippen LogP contribution in [0.25, 0.3) is 10.9 Å². The number of rotatable bonds is 6. The Kier molecular flexibility index (Phi) is 5.33. The molecule has 0 bridgehead atoms. The van der Waals surface area contributed by atoms with E-state index in [0.717, 1.165) is 0 Å².